The van der Waals surface area contributed by atoms with Crippen molar-refractivity contribution in [3.8, 4) is 11.6 Å². The summed E-state index contributed by atoms with van der Waals surface area (Å²) in [6, 6.07) is 3.28. The highest BCUT2D eigenvalue weighted by Crippen LogP contribution is 2.41. The molecular formula is C26H29FN6O3. The van der Waals surface area contributed by atoms with Crippen molar-refractivity contribution in [3.63, 3.8) is 0 Å². The maximum Gasteiger partial charge on any atom is 0.269 e. The van der Waals surface area contributed by atoms with E-state index in [2.05, 4.69) is 32.3 Å². The van der Waals surface area contributed by atoms with Gasteiger partial charge in [-0.2, -0.15) is 0 Å². The van der Waals surface area contributed by atoms with Gasteiger partial charge >= 0.3 is 0 Å². The number of pyridine rings is 1. The molecule has 1 amide bonds. The molecule has 0 spiro atoms. The Labute approximate surface area is 208 Å². The Morgan fingerprint density at radius 3 is 2.83 bits per heavy atom. The van der Waals surface area contributed by atoms with Crippen molar-refractivity contribution >= 4 is 17.9 Å². The molecular weight excluding hydrogens is 463 g/mol. The topological polar surface area (TPSA) is 116 Å². The molecule has 2 aliphatic heterocycles. The first-order chi connectivity index (χ1) is 17.5. The van der Waals surface area contributed by atoms with E-state index < -0.39 is 18.2 Å². The highest BCUT2D eigenvalue weighted by molar-refractivity contribution is 5.93. The predicted octanol–water partition coefficient (Wildman–Crippen LogP) is 3.10. The van der Waals surface area contributed by atoms with Gasteiger partial charge in [0.05, 0.1) is 25.9 Å². The number of carbonyl (C=O) groups is 1. The van der Waals surface area contributed by atoms with Crippen LogP contribution in [0.5, 0.6) is 11.6 Å². The quantitative estimate of drug-likeness (QED) is 0.659. The molecule has 4 heterocycles. The summed E-state index contributed by atoms with van der Waals surface area (Å²) in [5, 5.41) is 8.55. The molecule has 188 valence electrons. The average Bonchev–Trinajstić information content (AvgIpc) is 2.90. The normalized spacial score (nSPS) is 25.2. The highest BCUT2D eigenvalue weighted by Gasteiger charge is 2.37. The molecule has 5 rings (SSSR count). The highest BCUT2D eigenvalue weighted by atomic mass is 19.1. The molecule has 1 unspecified atom stereocenters. The van der Waals surface area contributed by atoms with E-state index in [1.165, 1.54) is 13.3 Å². The van der Waals surface area contributed by atoms with Crippen molar-refractivity contribution in [2.45, 2.75) is 50.4 Å². The Bertz CT molecular complexity index is 1230. The number of methoxy groups -OCH3 is 1. The van der Waals surface area contributed by atoms with Crippen LogP contribution in [0.15, 0.2) is 47.1 Å². The second kappa shape index (κ2) is 10.0. The number of amides is 1. The lowest BCUT2D eigenvalue weighted by atomic mass is 9.77. The molecule has 2 aromatic rings. The van der Waals surface area contributed by atoms with Crippen LogP contribution >= 0.6 is 0 Å². The van der Waals surface area contributed by atoms with Crippen LogP contribution in [0, 0.1) is 6.92 Å². The molecule has 0 bridgehead atoms. The number of rotatable bonds is 6. The van der Waals surface area contributed by atoms with Crippen LogP contribution in [0.3, 0.4) is 0 Å². The summed E-state index contributed by atoms with van der Waals surface area (Å²) in [5.41, 5.74) is 8.54. The number of dihydropyridines is 1. The van der Waals surface area contributed by atoms with E-state index in [4.69, 9.17) is 15.2 Å². The monoisotopic (exact) mass is 492 g/mol. The molecule has 1 aliphatic carbocycles. The summed E-state index contributed by atoms with van der Waals surface area (Å²) < 4.78 is 26.2. The van der Waals surface area contributed by atoms with Crippen molar-refractivity contribution in [1.82, 2.24) is 15.2 Å². The number of anilines is 1. The number of ether oxygens (including phenoxy) is 2. The molecule has 0 radical (unpaired) electrons. The number of primary amides is 1. The molecule has 3 aliphatic rings. The third-order valence-corrected chi connectivity index (χ3v) is 7.03. The summed E-state index contributed by atoms with van der Waals surface area (Å²) in [6.45, 7) is 2.53. The molecule has 2 N–H and O–H groups in total. The number of allylic oxidation sites excluding steroid dienone is 2. The van der Waals surface area contributed by atoms with Crippen LogP contribution in [0.4, 0.5) is 10.2 Å². The minimum Gasteiger partial charge on any atom is -0.486 e. The van der Waals surface area contributed by atoms with Gasteiger partial charge in [0.15, 0.2) is 17.7 Å². The molecule has 9 nitrogen and oxygen atoms in total. The largest absolute Gasteiger partial charge is 0.486 e. The Morgan fingerprint density at radius 1 is 1.25 bits per heavy atom. The molecule has 36 heavy (non-hydrogen) atoms. The summed E-state index contributed by atoms with van der Waals surface area (Å²) in [6.07, 6.45) is 9.72. The predicted molar refractivity (Wildman–Crippen MR) is 134 cm³/mol. The molecule has 1 saturated heterocycles. The Morgan fingerprint density at radius 2 is 2.11 bits per heavy atom. The third-order valence-electron chi connectivity index (χ3n) is 7.03. The van der Waals surface area contributed by atoms with Crippen molar-refractivity contribution in [2.24, 2.45) is 10.7 Å². The number of piperidine rings is 1. The van der Waals surface area contributed by atoms with E-state index in [0.29, 0.717) is 30.4 Å². The summed E-state index contributed by atoms with van der Waals surface area (Å²) in [4.78, 5) is 23.0. The van der Waals surface area contributed by atoms with Crippen LogP contribution in [0.25, 0.3) is 0 Å². The first-order valence-electron chi connectivity index (χ1n) is 12.1. The van der Waals surface area contributed by atoms with E-state index in [0.717, 1.165) is 29.5 Å². The van der Waals surface area contributed by atoms with Gasteiger partial charge in [0.2, 0.25) is 5.88 Å². The second-order valence-electron chi connectivity index (χ2n) is 9.21. The van der Waals surface area contributed by atoms with E-state index in [1.54, 1.807) is 18.3 Å². The minimum absolute atomic E-state index is 0.0624. The number of alkyl halides is 1. The zero-order chi connectivity index (χ0) is 25.2. The fraction of sp³-hybridized carbons (Fsp3) is 0.423. The Kier molecular flexibility index (Phi) is 6.67. The van der Waals surface area contributed by atoms with Crippen molar-refractivity contribution in [3.05, 3.63) is 59.0 Å². The summed E-state index contributed by atoms with van der Waals surface area (Å²) in [5.74, 6) is 0.835. The van der Waals surface area contributed by atoms with Crippen LogP contribution in [-0.4, -0.2) is 65.8 Å². The van der Waals surface area contributed by atoms with Gasteiger partial charge in [-0.25, -0.2) is 9.37 Å². The number of aromatic nitrogens is 3. The van der Waals surface area contributed by atoms with Gasteiger partial charge in [-0.15, -0.1) is 10.2 Å². The molecule has 10 heteroatoms. The van der Waals surface area contributed by atoms with Gasteiger partial charge in [0, 0.05) is 31.2 Å². The van der Waals surface area contributed by atoms with Crippen LogP contribution in [-0.2, 0) is 0 Å². The van der Waals surface area contributed by atoms with Crippen LogP contribution < -0.4 is 20.1 Å². The Balaban J connectivity index is 1.38. The number of fused-ring (bicyclic) bond motifs is 1. The first kappa shape index (κ1) is 23.9. The van der Waals surface area contributed by atoms with Crippen LogP contribution in [0.2, 0.25) is 0 Å². The zero-order valence-corrected chi connectivity index (χ0v) is 20.3. The number of aliphatic imine (C=N–C) groups is 1. The number of halogens is 1. The van der Waals surface area contributed by atoms with Gasteiger partial charge in [-0.05, 0) is 48.6 Å². The van der Waals surface area contributed by atoms with Crippen molar-refractivity contribution < 1.29 is 18.7 Å². The molecule has 0 saturated carbocycles. The lowest BCUT2D eigenvalue weighted by Crippen LogP contribution is -2.48. The first-order valence-corrected chi connectivity index (χ1v) is 12.1. The number of hydrogen-bond acceptors (Lipinski definition) is 8. The van der Waals surface area contributed by atoms with Crippen molar-refractivity contribution in [2.75, 3.05) is 25.1 Å². The van der Waals surface area contributed by atoms with Gasteiger partial charge in [-0.1, -0.05) is 12.2 Å². The summed E-state index contributed by atoms with van der Waals surface area (Å²) in [7, 11) is 1.53. The van der Waals surface area contributed by atoms with E-state index in [-0.39, 0.29) is 24.2 Å². The van der Waals surface area contributed by atoms with Crippen LogP contribution in [0.1, 0.15) is 46.8 Å². The number of nitrogens with two attached hydrogens (primary N) is 1. The smallest absolute Gasteiger partial charge is 0.269 e. The standard InChI is InChI=1S/C26H29FN6O3/c1-15-22(18-7-3-5-16-6-4-11-29-23(16)18)24(25(28)34)31-32-26(15)33-12-10-20(19(27)14-33)36-17-8-9-21(35-2)30-13-17/h4-6,8-9,11,13,18-20,23H,3,7,10,12,14H2,1-2H3,(H2,28,34)/t18?,19-,20+,23+/m0/s1. The SMILES string of the molecule is COc1ccc(O[C@@H]2CCN(c3nnc(C(N)=O)c(C4CCC=C5C=CC=N[C@H]54)c3C)C[C@@H]2F)cn1. The Hall–Kier alpha value is -3.82. The molecule has 4 atom stereocenters. The number of nitrogens with zero attached hydrogens (tertiary/aromatic N) is 5. The van der Waals surface area contributed by atoms with E-state index >= 15 is 4.39 Å². The lowest BCUT2D eigenvalue weighted by Gasteiger charge is -2.37. The maximum absolute atomic E-state index is 15.3. The minimum atomic E-state index is -1.25. The van der Waals surface area contributed by atoms with E-state index in [9.17, 15) is 4.79 Å². The maximum atomic E-state index is 15.3. The lowest BCUT2D eigenvalue weighted by molar-refractivity contribution is 0.0814. The number of hydrogen-bond donors (Lipinski definition) is 1. The summed E-state index contributed by atoms with van der Waals surface area (Å²) >= 11 is 0. The van der Waals surface area contributed by atoms with Gasteiger partial charge < -0.3 is 20.1 Å². The number of carbonyl (C=O) groups excluding carboxylic acids is 1. The molecule has 0 aromatic carbocycles. The molecule has 2 aromatic heterocycles. The average molecular weight is 493 g/mol. The van der Waals surface area contributed by atoms with E-state index in [1.807, 2.05) is 17.9 Å². The zero-order valence-electron chi connectivity index (χ0n) is 20.3. The second-order valence-corrected chi connectivity index (χ2v) is 9.21. The fourth-order valence-corrected chi connectivity index (χ4v) is 5.30. The van der Waals surface area contributed by atoms with Gasteiger partial charge in [-0.3, -0.25) is 9.79 Å². The molecule has 1 fully saturated rings. The van der Waals surface area contributed by atoms with Crippen molar-refractivity contribution in [1.29, 1.82) is 0 Å². The van der Waals surface area contributed by atoms with Gasteiger partial charge in [0.1, 0.15) is 11.9 Å². The fourth-order valence-electron chi connectivity index (χ4n) is 5.30. The third kappa shape index (κ3) is 4.55. The van der Waals surface area contributed by atoms with Gasteiger partial charge in [0.25, 0.3) is 5.91 Å².